The minimum absolute atomic E-state index is 0.0966. The number of benzene rings is 2. The summed E-state index contributed by atoms with van der Waals surface area (Å²) in [5.74, 6) is -1.08. The molecule has 166 valence electrons. The normalized spacial score (nSPS) is 14.5. The van der Waals surface area contributed by atoms with Crippen LogP contribution in [0.2, 0.25) is 0 Å². The molecule has 0 atom stereocenters. The van der Waals surface area contributed by atoms with Gasteiger partial charge in [-0.3, -0.25) is 19.7 Å². The molecular weight excluding hydrogens is 432 g/mol. The van der Waals surface area contributed by atoms with Crippen molar-refractivity contribution in [2.24, 2.45) is 4.99 Å². The molecule has 1 amide bonds. The number of hydrogen-bond acceptors (Lipinski definition) is 7. The van der Waals surface area contributed by atoms with Gasteiger partial charge in [0.15, 0.2) is 4.80 Å². The average Bonchev–Trinajstić information content (AvgIpc) is 3.15. The van der Waals surface area contributed by atoms with Crippen molar-refractivity contribution >= 4 is 44.8 Å². The van der Waals surface area contributed by atoms with Crippen LogP contribution in [0.5, 0.6) is 0 Å². The van der Waals surface area contributed by atoms with Crippen LogP contribution in [0, 0.1) is 10.1 Å². The summed E-state index contributed by atoms with van der Waals surface area (Å²) in [4.78, 5) is 42.6. The first-order chi connectivity index (χ1) is 15.5. The monoisotopic (exact) mass is 454 g/mol. The van der Waals surface area contributed by atoms with Crippen molar-refractivity contribution in [1.29, 1.82) is 0 Å². The van der Waals surface area contributed by atoms with Gasteiger partial charge in [-0.2, -0.15) is 4.99 Å². The van der Waals surface area contributed by atoms with E-state index in [1.54, 1.807) is 16.7 Å². The summed E-state index contributed by atoms with van der Waals surface area (Å²) in [6.07, 6.45) is 3.08. The number of anilines is 1. The molecule has 1 aliphatic rings. The van der Waals surface area contributed by atoms with E-state index in [1.807, 2.05) is 29.2 Å². The van der Waals surface area contributed by atoms with Crippen LogP contribution in [0.1, 0.15) is 29.6 Å². The van der Waals surface area contributed by atoms with Crippen molar-refractivity contribution in [2.75, 3.05) is 25.1 Å². The Labute approximate surface area is 187 Å². The number of rotatable bonds is 5. The van der Waals surface area contributed by atoms with Crippen molar-refractivity contribution in [3.05, 3.63) is 62.9 Å². The molecule has 32 heavy (non-hydrogen) atoms. The fourth-order valence-electron chi connectivity index (χ4n) is 3.81. The number of fused-ring (bicyclic) bond motifs is 1. The third kappa shape index (κ3) is 4.40. The summed E-state index contributed by atoms with van der Waals surface area (Å²) in [7, 11) is 1.29. The highest BCUT2D eigenvalue weighted by molar-refractivity contribution is 7.16. The average molecular weight is 455 g/mol. The van der Waals surface area contributed by atoms with Crippen LogP contribution in [0.3, 0.4) is 0 Å². The Kier molecular flexibility index (Phi) is 6.31. The maximum absolute atomic E-state index is 12.9. The molecule has 1 aromatic heterocycles. The van der Waals surface area contributed by atoms with E-state index in [2.05, 4.69) is 4.99 Å². The maximum atomic E-state index is 12.9. The molecule has 0 unspecified atom stereocenters. The second-order valence-corrected chi connectivity index (χ2v) is 8.45. The number of nitrogens with zero attached hydrogens (tertiary/aromatic N) is 4. The van der Waals surface area contributed by atoms with Crippen LogP contribution in [-0.2, 0) is 16.1 Å². The molecule has 1 aliphatic heterocycles. The van der Waals surface area contributed by atoms with Gasteiger partial charge < -0.3 is 14.2 Å². The van der Waals surface area contributed by atoms with Gasteiger partial charge in [0, 0.05) is 24.7 Å². The van der Waals surface area contributed by atoms with Crippen LogP contribution in [0.4, 0.5) is 11.4 Å². The number of carbonyl (C=O) groups is 2. The van der Waals surface area contributed by atoms with E-state index in [0.717, 1.165) is 42.6 Å². The zero-order chi connectivity index (χ0) is 22.7. The number of amides is 1. The van der Waals surface area contributed by atoms with Crippen LogP contribution in [0.15, 0.2) is 47.5 Å². The number of thiazole rings is 1. The lowest BCUT2D eigenvalue weighted by Crippen LogP contribution is -2.30. The van der Waals surface area contributed by atoms with Crippen LogP contribution < -0.4 is 9.70 Å². The number of nitro benzene ring substituents is 1. The largest absolute Gasteiger partial charge is 0.468 e. The van der Waals surface area contributed by atoms with Crippen LogP contribution in [-0.4, -0.2) is 41.6 Å². The highest BCUT2D eigenvalue weighted by atomic mass is 32.1. The number of esters is 1. The van der Waals surface area contributed by atoms with E-state index in [9.17, 15) is 19.7 Å². The lowest BCUT2D eigenvalue weighted by molar-refractivity contribution is -0.384. The Morgan fingerprint density at radius 3 is 2.62 bits per heavy atom. The van der Waals surface area contributed by atoms with E-state index in [-0.39, 0.29) is 17.8 Å². The van der Waals surface area contributed by atoms with E-state index in [1.165, 1.54) is 24.5 Å². The fraction of sp³-hybridized carbons (Fsp3) is 0.318. The molecule has 0 saturated carbocycles. The van der Waals surface area contributed by atoms with Gasteiger partial charge in [-0.15, -0.1) is 0 Å². The Morgan fingerprint density at radius 1 is 1.16 bits per heavy atom. The van der Waals surface area contributed by atoms with Crippen molar-refractivity contribution in [3.8, 4) is 0 Å². The van der Waals surface area contributed by atoms with Gasteiger partial charge in [-0.05, 0) is 43.5 Å². The molecule has 0 bridgehead atoms. The number of aromatic nitrogens is 1. The zero-order valence-corrected chi connectivity index (χ0v) is 18.3. The summed E-state index contributed by atoms with van der Waals surface area (Å²) in [5.41, 5.74) is 1.29. The molecule has 1 fully saturated rings. The second kappa shape index (κ2) is 9.31. The third-order valence-electron chi connectivity index (χ3n) is 5.42. The standard InChI is InChI=1S/C22H22N4O5S/c1-31-20(27)14-25-17-7-3-4-8-19(17)32-22(25)23-21(28)15-9-10-16(18(13-15)26(29)30)24-11-5-2-6-12-24/h3-4,7-10,13H,2,5-6,11-12,14H2,1H3. The number of methoxy groups -OCH3 is 1. The van der Waals surface area contributed by atoms with Crippen molar-refractivity contribution < 1.29 is 19.2 Å². The predicted molar refractivity (Wildman–Crippen MR) is 121 cm³/mol. The Balaban J connectivity index is 1.74. The molecule has 0 spiro atoms. The Bertz CT molecular complexity index is 1260. The first-order valence-corrected chi connectivity index (χ1v) is 11.1. The lowest BCUT2D eigenvalue weighted by Gasteiger charge is -2.28. The number of hydrogen-bond donors (Lipinski definition) is 0. The van der Waals surface area contributed by atoms with E-state index >= 15 is 0 Å². The number of ether oxygens (including phenoxy) is 1. The molecule has 1 saturated heterocycles. The van der Waals surface area contributed by atoms with Gasteiger partial charge >= 0.3 is 5.97 Å². The van der Waals surface area contributed by atoms with Gasteiger partial charge in [0.05, 0.1) is 22.2 Å². The van der Waals surface area contributed by atoms with Crippen molar-refractivity contribution in [3.63, 3.8) is 0 Å². The highest BCUT2D eigenvalue weighted by Gasteiger charge is 2.23. The quantitative estimate of drug-likeness (QED) is 0.332. The van der Waals surface area contributed by atoms with Crippen molar-refractivity contribution in [2.45, 2.75) is 25.8 Å². The Morgan fingerprint density at radius 2 is 1.91 bits per heavy atom. The van der Waals surface area contributed by atoms with Gasteiger partial charge in [0.25, 0.3) is 11.6 Å². The molecule has 4 rings (SSSR count). The van der Waals surface area contributed by atoms with Gasteiger partial charge in [0.1, 0.15) is 12.2 Å². The minimum Gasteiger partial charge on any atom is -0.468 e. The lowest BCUT2D eigenvalue weighted by atomic mass is 10.1. The van der Waals surface area contributed by atoms with E-state index in [0.29, 0.717) is 10.5 Å². The van der Waals surface area contributed by atoms with Gasteiger partial charge in [0.2, 0.25) is 0 Å². The Hall–Kier alpha value is -3.53. The highest BCUT2D eigenvalue weighted by Crippen LogP contribution is 2.31. The number of para-hydroxylation sites is 1. The van der Waals surface area contributed by atoms with Crippen LogP contribution in [0.25, 0.3) is 10.2 Å². The molecule has 3 aromatic rings. The maximum Gasteiger partial charge on any atom is 0.325 e. The number of carbonyl (C=O) groups excluding carboxylic acids is 2. The fourth-order valence-corrected chi connectivity index (χ4v) is 4.84. The molecule has 2 heterocycles. The van der Waals surface area contributed by atoms with E-state index in [4.69, 9.17) is 4.74 Å². The van der Waals surface area contributed by atoms with E-state index < -0.39 is 16.8 Å². The molecule has 0 N–H and O–H groups in total. The summed E-state index contributed by atoms with van der Waals surface area (Å²) in [6.45, 7) is 1.42. The summed E-state index contributed by atoms with van der Waals surface area (Å²) in [6, 6.07) is 11.9. The SMILES string of the molecule is COC(=O)Cn1c(=NC(=O)c2ccc(N3CCCCC3)c([N+](=O)[O-])c2)sc2ccccc21. The first-order valence-electron chi connectivity index (χ1n) is 10.3. The topological polar surface area (TPSA) is 107 Å². The molecule has 0 radical (unpaired) electrons. The van der Waals surface area contributed by atoms with Gasteiger partial charge in [-0.25, -0.2) is 0 Å². The predicted octanol–water partition coefficient (Wildman–Crippen LogP) is 3.52. The smallest absolute Gasteiger partial charge is 0.325 e. The molecule has 10 heteroatoms. The summed E-state index contributed by atoms with van der Waals surface area (Å²) < 4.78 is 7.24. The molecular formula is C22H22N4O5S. The minimum atomic E-state index is -0.608. The first kappa shape index (κ1) is 21.7. The third-order valence-corrected chi connectivity index (χ3v) is 6.48. The van der Waals surface area contributed by atoms with Crippen molar-refractivity contribution in [1.82, 2.24) is 4.57 Å². The molecule has 0 aliphatic carbocycles. The molecule has 9 nitrogen and oxygen atoms in total. The zero-order valence-electron chi connectivity index (χ0n) is 17.5. The van der Waals surface area contributed by atoms with Crippen LogP contribution >= 0.6 is 11.3 Å². The second-order valence-electron chi connectivity index (χ2n) is 7.44. The van der Waals surface area contributed by atoms with Gasteiger partial charge in [-0.1, -0.05) is 23.5 Å². The summed E-state index contributed by atoms with van der Waals surface area (Å²) >= 11 is 1.26. The summed E-state index contributed by atoms with van der Waals surface area (Å²) in [5, 5.41) is 11.7. The molecule has 2 aromatic carbocycles. The number of piperidine rings is 1. The number of nitro groups is 1.